The van der Waals surface area contributed by atoms with Gasteiger partial charge in [0, 0.05) is 18.5 Å². The van der Waals surface area contributed by atoms with Crippen molar-refractivity contribution in [2.45, 2.75) is 90.8 Å². The number of carboxylic acid groups (broad SMARTS) is 1. The van der Waals surface area contributed by atoms with Crippen LogP contribution in [0.1, 0.15) is 74.9 Å². The maximum atomic E-state index is 12.9. The van der Waals surface area contributed by atoms with Crippen LogP contribution >= 0.6 is 11.6 Å². The van der Waals surface area contributed by atoms with Crippen molar-refractivity contribution in [3.05, 3.63) is 58.1 Å². The molecule has 1 aliphatic rings. The van der Waals surface area contributed by atoms with E-state index in [1.165, 1.54) is 12.8 Å². The quantitative estimate of drug-likeness (QED) is 0.369. The molecular formula is C28H36ClNO6. The van der Waals surface area contributed by atoms with Crippen LogP contribution in [0, 0.1) is 0 Å². The number of carbonyl (C=O) groups excluding carboxylic acids is 1. The number of benzene rings is 2. The summed E-state index contributed by atoms with van der Waals surface area (Å²) in [5.74, 6) is -0.0478. The summed E-state index contributed by atoms with van der Waals surface area (Å²) >= 11 is 6.41. The van der Waals surface area contributed by atoms with Gasteiger partial charge in [0.25, 0.3) is 5.91 Å². The predicted octanol–water partition coefficient (Wildman–Crippen LogP) is 5.80. The van der Waals surface area contributed by atoms with Gasteiger partial charge in [-0.3, -0.25) is 4.79 Å². The Balaban J connectivity index is 1.72. The highest BCUT2D eigenvalue weighted by atomic mass is 35.5. The summed E-state index contributed by atoms with van der Waals surface area (Å²) in [6.07, 6.45) is 3.58. The van der Waals surface area contributed by atoms with Crippen molar-refractivity contribution in [2.75, 3.05) is 0 Å². The Morgan fingerprint density at radius 1 is 1.06 bits per heavy atom. The van der Waals surface area contributed by atoms with Gasteiger partial charge in [-0.1, -0.05) is 23.7 Å². The van der Waals surface area contributed by atoms with E-state index in [9.17, 15) is 14.7 Å². The predicted molar refractivity (Wildman–Crippen MR) is 139 cm³/mol. The van der Waals surface area contributed by atoms with Crippen LogP contribution < -0.4 is 14.8 Å². The Morgan fingerprint density at radius 2 is 1.78 bits per heavy atom. The Kier molecular flexibility index (Phi) is 10.0. The summed E-state index contributed by atoms with van der Waals surface area (Å²) in [7, 11) is 0. The van der Waals surface area contributed by atoms with Crippen molar-refractivity contribution in [3.63, 3.8) is 0 Å². The van der Waals surface area contributed by atoms with Crippen LogP contribution in [0.15, 0.2) is 36.4 Å². The minimum Gasteiger partial charge on any atom is -0.491 e. The van der Waals surface area contributed by atoms with Gasteiger partial charge in [0.1, 0.15) is 11.5 Å². The topological polar surface area (TPSA) is 94.1 Å². The van der Waals surface area contributed by atoms with E-state index in [-0.39, 0.29) is 37.2 Å². The number of rotatable bonds is 12. The Hall–Kier alpha value is -2.77. The molecule has 1 saturated carbocycles. The summed E-state index contributed by atoms with van der Waals surface area (Å²) < 4.78 is 17.4. The Morgan fingerprint density at radius 3 is 2.39 bits per heavy atom. The van der Waals surface area contributed by atoms with Crippen molar-refractivity contribution in [1.82, 2.24) is 5.32 Å². The number of amides is 1. The maximum absolute atomic E-state index is 12.9. The monoisotopic (exact) mass is 517 g/mol. The molecule has 7 nitrogen and oxygen atoms in total. The van der Waals surface area contributed by atoms with Gasteiger partial charge in [0.15, 0.2) is 6.10 Å². The van der Waals surface area contributed by atoms with Gasteiger partial charge in [-0.15, -0.1) is 0 Å². The zero-order chi connectivity index (χ0) is 26.2. The molecule has 0 aromatic heterocycles. The fourth-order valence-corrected chi connectivity index (χ4v) is 4.48. The summed E-state index contributed by atoms with van der Waals surface area (Å²) in [6.45, 7) is 7.63. The van der Waals surface area contributed by atoms with Gasteiger partial charge < -0.3 is 24.6 Å². The third-order valence-electron chi connectivity index (χ3n) is 5.85. The number of nitrogens with one attached hydrogen (secondary N) is 1. The molecule has 2 N–H and O–H groups in total. The van der Waals surface area contributed by atoms with Crippen LogP contribution in [0.5, 0.6) is 11.5 Å². The van der Waals surface area contributed by atoms with E-state index >= 15 is 0 Å². The SMILES string of the molecule is CC(C)Oc1ccc(CC(OC(C)C)C(=O)O)cc1CNC(=O)c1ccc(OC2CCCC2)cc1Cl. The number of halogens is 1. The van der Waals surface area contributed by atoms with Crippen LogP contribution in [0.2, 0.25) is 5.02 Å². The van der Waals surface area contributed by atoms with Crippen molar-refractivity contribution in [1.29, 1.82) is 0 Å². The Labute approximate surface area is 218 Å². The van der Waals surface area contributed by atoms with Gasteiger partial charge in [-0.05, 0) is 83.2 Å². The van der Waals surface area contributed by atoms with E-state index in [4.69, 9.17) is 25.8 Å². The molecule has 0 saturated heterocycles. The van der Waals surface area contributed by atoms with Crippen LogP contribution in [0.3, 0.4) is 0 Å². The van der Waals surface area contributed by atoms with Gasteiger partial charge in [0.2, 0.25) is 0 Å². The summed E-state index contributed by atoms with van der Waals surface area (Å²) in [5, 5.41) is 12.8. The average Bonchev–Trinajstić information content (AvgIpc) is 3.31. The standard InChI is InChI=1S/C28H36ClNO6/c1-17(2)34-25-12-9-19(14-26(28(32)33)35-18(3)4)13-20(25)16-30-27(31)23-11-10-22(15-24(23)29)36-21-7-5-6-8-21/h9-13,15,17-18,21,26H,5-8,14,16H2,1-4H3,(H,30,31)(H,32,33). The molecular weight excluding hydrogens is 482 g/mol. The van der Waals surface area contributed by atoms with E-state index in [2.05, 4.69) is 5.32 Å². The normalized spacial score (nSPS) is 14.8. The molecule has 0 spiro atoms. The van der Waals surface area contributed by atoms with E-state index in [0.717, 1.165) is 24.0 Å². The molecule has 1 atom stereocenters. The first kappa shape index (κ1) is 27.8. The molecule has 36 heavy (non-hydrogen) atoms. The van der Waals surface area contributed by atoms with Crippen LogP contribution in [-0.4, -0.2) is 41.4 Å². The maximum Gasteiger partial charge on any atom is 0.333 e. The molecule has 3 rings (SSSR count). The number of carbonyl (C=O) groups is 2. The number of hydrogen-bond donors (Lipinski definition) is 2. The van der Waals surface area contributed by atoms with Gasteiger partial charge in [-0.25, -0.2) is 4.79 Å². The zero-order valence-corrected chi connectivity index (χ0v) is 22.1. The molecule has 8 heteroatoms. The molecule has 1 amide bonds. The van der Waals surface area contributed by atoms with E-state index in [0.29, 0.717) is 22.1 Å². The molecule has 196 valence electrons. The zero-order valence-electron chi connectivity index (χ0n) is 21.4. The Bertz CT molecular complexity index is 1050. The van der Waals surface area contributed by atoms with E-state index < -0.39 is 12.1 Å². The minimum atomic E-state index is -1.02. The van der Waals surface area contributed by atoms with E-state index in [1.54, 1.807) is 38.1 Å². The van der Waals surface area contributed by atoms with Gasteiger partial charge >= 0.3 is 5.97 Å². The first-order chi connectivity index (χ1) is 17.1. The first-order valence-corrected chi connectivity index (χ1v) is 12.9. The van der Waals surface area contributed by atoms with Crippen LogP contribution in [0.25, 0.3) is 0 Å². The summed E-state index contributed by atoms with van der Waals surface area (Å²) in [5.41, 5.74) is 1.87. The third-order valence-corrected chi connectivity index (χ3v) is 6.16. The van der Waals surface area contributed by atoms with Gasteiger partial charge in [-0.2, -0.15) is 0 Å². The molecule has 0 heterocycles. The second kappa shape index (κ2) is 13.0. The minimum absolute atomic E-state index is 0.0665. The lowest BCUT2D eigenvalue weighted by Crippen LogP contribution is -2.29. The lowest BCUT2D eigenvalue weighted by Gasteiger charge is -2.19. The largest absolute Gasteiger partial charge is 0.491 e. The molecule has 1 aliphatic carbocycles. The highest BCUT2D eigenvalue weighted by molar-refractivity contribution is 6.34. The van der Waals surface area contributed by atoms with Crippen LogP contribution in [0.4, 0.5) is 0 Å². The molecule has 1 fully saturated rings. The van der Waals surface area contributed by atoms with Gasteiger partial charge in [0.05, 0.1) is 28.9 Å². The molecule has 0 radical (unpaired) electrons. The van der Waals surface area contributed by atoms with Crippen molar-refractivity contribution in [2.24, 2.45) is 0 Å². The summed E-state index contributed by atoms with van der Waals surface area (Å²) in [4.78, 5) is 24.6. The molecule has 0 bridgehead atoms. The number of carboxylic acids is 1. The molecule has 2 aromatic rings. The second-order valence-electron chi connectivity index (χ2n) is 9.67. The lowest BCUT2D eigenvalue weighted by atomic mass is 10.0. The summed E-state index contributed by atoms with van der Waals surface area (Å²) in [6, 6.07) is 10.6. The number of aliphatic carboxylic acids is 1. The highest BCUT2D eigenvalue weighted by Crippen LogP contribution is 2.28. The fourth-order valence-electron chi connectivity index (χ4n) is 4.23. The first-order valence-electron chi connectivity index (χ1n) is 12.5. The van der Waals surface area contributed by atoms with Crippen molar-refractivity contribution < 1.29 is 28.9 Å². The molecule has 1 unspecified atom stereocenters. The third kappa shape index (κ3) is 8.14. The van der Waals surface area contributed by atoms with Crippen molar-refractivity contribution in [3.8, 4) is 11.5 Å². The number of ether oxygens (including phenoxy) is 3. The van der Waals surface area contributed by atoms with Crippen molar-refractivity contribution >= 4 is 23.5 Å². The fraction of sp³-hybridized carbons (Fsp3) is 0.500. The second-order valence-corrected chi connectivity index (χ2v) is 10.1. The molecule has 2 aromatic carbocycles. The van der Waals surface area contributed by atoms with E-state index in [1.807, 2.05) is 26.0 Å². The molecule has 0 aliphatic heterocycles. The van der Waals surface area contributed by atoms with Crippen LogP contribution in [-0.2, 0) is 22.5 Å². The average molecular weight is 518 g/mol. The lowest BCUT2D eigenvalue weighted by molar-refractivity contribution is -0.153. The smallest absolute Gasteiger partial charge is 0.333 e. The highest BCUT2D eigenvalue weighted by Gasteiger charge is 2.22. The number of hydrogen-bond acceptors (Lipinski definition) is 5.